The number of rotatable bonds is 8. The van der Waals surface area contributed by atoms with Gasteiger partial charge in [-0.3, -0.25) is 0 Å². The number of hydrogen-bond acceptors (Lipinski definition) is 4. The molecule has 0 aliphatic heterocycles. The number of hydrogen-bond donors (Lipinski definition) is 1. The van der Waals surface area contributed by atoms with Crippen molar-refractivity contribution >= 4 is 17.7 Å². The van der Waals surface area contributed by atoms with Gasteiger partial charge < -0.3 is 14.6 Å². The summed E-state index contributed by atoms with van der Waals surface area (Å²) in [5, 5.41) is 8.87. The number of benzene rings is 1. The molecule has 0 aliphatic rings. The Morgan fingerprint density at radius 1 is 1.39 bits per heavy atom. The molecule has 1 aromatic carbocycles. The van der Waals surface area contributed by atoms with Gasteiger partial charge in [-0.1, -0.05) is 6.92 Å². The second kappa shape index (κ2) is 7.87. The van der Waals surface area contributed by atoms with Crippen LogP contribution < -0.4 is 9.47 Å². The lowest BCUT2D eigenvalue weighted by Gasteiger charge is -2.11. The molecule has 0 radical (unpaired) electrons. The maximum absolute atomic E-state index is 10.8. The quantitative estimate of drug-likeness (QED) is 0.736. The zero-order chi connectivity index (χ0) is 13.4. The highest BCUT2D eigenvalue weighted by Crippen LogP contribution is 2.28. The number of carboxylic acid groups (broad SMARTS) is 1. The largest absolute Gasteiger partial charge is 0.493 e. The van der Waals surface area contributed by atoms with E-state index in [4.69, 9.17) is 14.6 Å². The first-order chi connectivity index (χ1) is 8.69. The van der Waals surface area contributed by atoms with Crippen LogP contribution in [0.3, 0.4) is 0 Å². The lowest BCUT2D eigenvalue weighted by Crippen LogP contribution is -2.02. The smallest absolute Gasteiger partial charge is 0.335 e. The average molecular weight is 270 g/mol. The first kappa shape index (κ1) is 14.7. The zero-order valence-electron chi connectivity index (χ0n) is 10.6. The Hall–Kier alpha value is -1.36. The summed E-state index contributed by atoms with van der Waals surface area (Å²) >= 11 is 1.87. The van der Waals surface area contributed by atoms with Crippen molar-refractivity contribution in [2.75, 3.05) is 25.2 Å². The highest BCUT2D eigenvalue weighted by molar-refractivity contribution is 7.99. The van der Waals surface area contributed by atoms with E-state index in [1.54, 1.807) is 6.07 Å². The molecule has 0 aromatic heterocycles. The van der Waals surface area contributed by atoms with Crippen LogP contribution in [0.2, 0.25) is 0 Å². The van der Waals surface area contributed by atoms with E-state index in [1.807, 2.05) is 11.8 Å². The van der Waals surface area contributed by atoms with E-state index in [9.17, 15) is 4.79 Å². The molecule has 0 bridgehead atoms. The van der Waals surface area contributed by atoms with Gasteiger partial charge in [0, 0.05) is 0 Å². The maximum atomic E-state index is 10.8. The number of methoxy groups -OCH3 is 1. The highest BCUT2D eigenvalue weighted by Gasteiger charge is 2.09. The van der Waals surface area contributed by atoms with Gasteiger partial charge in [0.1, 0.15) is 0 Å². The lowest BCUT2D eigenvalue weighted by atomic mass is 10.2. The van der Waals surface area contributed by atoms with Crippen molar-refractivity contribution in [3.63, 3.8) is 0 Å². The fraction of sp³-hybridized carbons (Fsp3) is 0.462. The van der Waals surface area contributed by atoms with Gasteiger partial charge >= 0.3 is 5.97 Å². The van der Waals surface area contributed by atoms with Crippen molar-refractivity contribution in [3.8, 4) is 11.5 Å². The van der Waals surface area contributed by atoms with Gasteiger partial charge in [-0.25, -0.2) is 4.79 Å². The van der Waals surface area contributed by atoms with Crippen LogP contribution in [0.5, 0.6) is 11.5 Å². The Balaban J connectivity index is 2.57. The van der Waals surface area contributed by atoms with Crippen LogP contribution in [-0.4, -0.2) is 36.3 Å². The van der Waals surface area contributed by atoms with Crippen LogP contribution in [-0.2, 0) is 0 Å². The monoisotopic (exact) mass is 270 g/mol. The Morgan fingerprint density at radius 2 is 2.17 bits per heavy atom. The molecule has 1 aromatic rings. The summed E-state index contributed by atoms with van der Waals surface area (Å²) in [5.41, 5.74) is 0.195. The predicted molar refractivity (Wildman–Crippen MR) is 73.1 cm³/mol. The van der Waals surface area contributed by atoms with Gasteiger partial charge in [-0.15, -0.1) is 0 Å². The van der Waals surface area contributed by atoms with Gasteiger partial charge in [-0.05, 0) is 36.1 Å². The second-order valence-electron chi connectivity index (χ2n) is 3.57. The van der Waals surface area contributed by atoms with Crippen LogP contribution in [0, 0.1) is 0 Å². The Kier molecular flexibility index (Phi) is 6.43. The van der Waals surface area contributed by atoms with Crippen LogP contribution >= 0.6 is 11.8 Å². The molecule has 0 aliphatic carbocycles. The van der Waals surface area contributed by atoms with E-state index >= 15 is 0 Å². The number of aromatic carboxylic acids is 1. The minimum Gasteiger partial charge on any atom is -0.493 e. The molecule has 0 unspecified atom stereocenters. The topological polar surface area (TPSA) is 55.8 Å². The van der Waals surface area contributed by atoms with Gasteiger partial charge in [0.05, 0.1) is 19.3 Å². The van der Waals surface area contributed by atoms with Crippen molar-refractivity contribution < 1.29 is 19.4 Å². The third-order valence-corrected chi connectivity index (χ3v) is 3.29. The predicted octanol–water partition coefficient (Wildman–Crippen LogP) is 2.92. The molecule has 18 heavy (non-hydrogen) atoms. The molecule has 100 valence electrons. The molecule has 1 rings (SSSR count). The molecular weight excluding hydrogens is 252 g/mol. The van der Waals surface area contributed by atoms with E-state index < -0.39 is 5.97 Å². The van der Waals surface area contributed by atoms with Crippen molar-refractivity contribution in [1.29, 1.82) is 0 Å². The molecular formula is C13H18O4S. The SMILES string of the molecule is CCSCCCOc1ccc(C(=O)O)cc1OC. The van der Waals surface area contributed by atoms with E-state index in [-0.39, 0.29) is 5.56 Å². The van der Waals surface area contributed by atoms with Crippen molar-refractivity contribution in [2.24, 2.45) is 0 Å². The molecule has 1 N–H and O–H groups in total. The summed E-state index contributed by atoms with van der Waals surface area (Å²) < 4.78 is 10.7. The van der Waals surface area contributed by atoms with E-state index in [1.165, 1.54) is 19.2 Å². The summed E-state index contributed by atoms with van der Waals surface area (Å²) in [7, 11) is 1.50. The molecule has 0 amide bonds. The third kappa shape index (κ3) is 4.49. The van der Waals surface area contributed by atoms with Crippen LogP contribution in [0.4, 0.5) is 0 Å². The second-order valence-corrected chi connectivity index (χ2v) is 4.96. The molecule has 0 fully saturated rings. The fourth-order valence-corrected chi connectivity index (χ4v) is 2.02. The van der Waals surface area contributed by atoms with Crippen molar-refractivity contribution in [1.82, 2.24) is 0 Å². The van der Waals surface area contributed by atoms with Gasteiger partial charge in [0.2, 0.25) is 0 Å². The summed E-state index contributed by atoms with van der Waals surface area (Å²) in [6, 6.07) is 4.62. The fourth-order valence-electron chi connectivity index (χ4n) is 1.41. The lowest BCUT2D eigenvalue weighted by molar-refractivity contribution is 0.0696. The van der Waals surface area contributed by atoms with E-state index in [0.29, 0.717) is 18.1 Å². The normalized spacial score (nSPS) is 10.1. The van der Waals surface area contributed by atoms with Crippen LogP contribution in [0.15, 0.2) is 18.2 Å². The molecule has 0 saturated carbocycles. The van der Waals surface area contributed by atoms with E-state index in [0.717, 1.165) is 17.9 Å². The molecule has 5 heteroatoms. The van der Waals surface area contributed by atoms with Crippen molar-refractivity contribution in [3.05, 3.63) is 23.8 Å². The number of carbonyl (C=O) groups is 1. The summed E-state index contributed by atoms with van der Waals surface area (Å²) in [4.78, 5) is 10.8. The molecule has 4 nitrogen and oxygen atoms in total. The molecule has 0 saturated heterocycles. The molecule has 0 spiro atoms. The van der Waals surface area contributed by atoms with Gasteiger partial charge in [0.15, 0.2) is 11.5 Å². The van der Waals surface area contributed by atoms with Crippen LogP contribution in [0.1, 0.15) is 23.7 Å². The highest BCUT2D eigenvalue weighted by atomic mass is 32.2. The first-order valence-electron chi connectivity index (χ1n) is 5.81. The third-order valence-electron chi connectivity index (χ3n) is 2.31. The van der Waals surface area contributed by atoms with Crippen molar-refractivity contribution in [2.45, 2.75) is 13.3 Å². The standard InChI is InChI=1S/C13H18O4S/c1-3-18-8-4-7-17-11-6-5-10(13(14)15)9-12(11)16-2/h5-6,9H,3-4,7-8H2,1-2H3,(H,14,15). The van der Waals surface area contributed by atoms with Gasteiger partial charge in [0.25, 0.3) is 0 Å². The van der Waals surface area contributed by atoms with Gasteiger partial charge in [-0.2, -0.15) is 11.8 Å². The summed E-state index contributed by atoms with van der Waals surface area (Å²) in [5.74, 6) is 2.24. The zero-order valence-corrected chi connectivity index (χ0v) is 11.5. The Bertz CT molecular complexity index is 393. The number of ether oxygens (including phenoxy) is 2. The molecule has 0 atom stereocenters. The maximum Gasteiger partial charge on any atom is 0.335 e. The number of thioether (sulfide) groups is 1. The Morgan fingerprint density at radius 3 is 2.78 bits per heavy atom. The summed E-state index contributed by atoms with van der Waals surface area (Å²) in [6.45, 7) is 2.73. The summed E-state index contributed by atoms with van der Waals surface area (Å²) in [6.07, 6.45) is 0.961. The minimum absolute atomic E-state index is 0.195. The minimum atomic E-state index is -0.973. The Labute approximate surface area is 111 Å². The molecule has 0 heterocycles. The van der Waals surface area contributed by atoms with E-state index in [2.05, 4.69) is 6.92 Å². The average Bonchev–Trinajstić information content (AvgIpc) is 2.38. The number of carboxylic acids is 1. The first-order valence-corrected chi connectivity index (χ1v) is 6.96. The van der Waals surface area contributed by atoms with Crippen LogP contribution in [0.25, 0.3) is 0 Å².